The fourth-order valence-corrected chi connectivity index (χ4v) is 2.85. The Balaban J connectivity index is 2.02. The maximum absolute atomic E-state index is 12.8. The number of methoxy groups -OCH3 is 1. The number of amides is 1. The number of carbonyl (C=O) groups excluding carboxylic acids is 1. The van der Waals surface area contributed by atoms with Crippen LogP contribution in [0, 0.1) is 6.92 Å². The average molecular weight is 348 g/mol. The van der Waals surface area contributed by atoms with Gasteiger partial charge in [0.2, 0.25) is 0 Å². The highest BCUT2D eigenvalue weighted by molar-refractivity contribution is 5.94. The summed E-state index contributed by atoms with van der Waals surface area (Å²) in [6.45, 7) is 1.77. The van der Waals surface area contributed by atoms with Crippen LogP contribution in [0.25, 0.3) is 0 Å². The molecule has 0 fully saturated rings. The van der Waals surface area contributed by atoms with Crippen molar-refractivity contribution in [3.05, 3.63) is 99.5 Å². The van der Waals surface area contributed by atoms with Gasteiger partial charge in [0.05, 0.1) is 13.2 Å². The minimum atomic E-state index is -0.444. The van der Waals surface area contributed by atoms with Gasteiger partial charge in [0.15, 0.2) is 0 Å². The number of H-pyrrole nitrogens is 1. The first-order valence-electron chi connectivity index (χ1n) is 8.29. The minimum absolute atomic E-state index is 0.0754. The van der Waals surface area contributed by atoms with Gasteiger partial charge in [0.1, 0.15) is 11.3 Å². The van der Waals surface area contributed by atoms with Crippen LogP contribution in [0.4, 0.5) is 0 Å². The fourth-order valence-electron chi connectivity index (χ4n) is 2.85. The fraction of sp³-hybridized carbons (Fsp3) is 0.143. The Labute approximate surface area is 151 Å². The van der Waals surface area contributed by atoms with E-state index in [0.29, 0.717) is 11.4 Å². The molecule has 0 aliphatic heterocycles. The Morgan fingerprint density at radius 1 is 1.00 bits per heavy atom. The van der Waals surface area contributed by atoms with Gasteiger partial charge in [-0.25, -0.2) is 0 Å². The molecule has 5 nitrogen and oxygen atoms in total. The molecule has 2 N–H and O–H groups in total. The maximum Gasteiger partial charge on any atom is 0.260 e. The molecule has 1 aromatic heterocycles. The van der Waals surface area contributed by atoms with Crippen LogP contribution in [0.1, 0.15) is 33.2 Å². The number of aryl methyl sites for hydroxylation is 1. The highest BCUT2D eigenvalue weighted by Crippen LogP contribution is 2.30. The first-order valence-corrected chi connectivity index (χ1v) is 8.29. The average Bonchev–Trinajstić information content (AvgIpc) is 2.66. The number of rotatable bonds is 5. The van der Waals surface area contributed by atoms with Crippen LogP contribution in [0.2, 0.25) is 0 Å². The molecule has 0 unspecified atom stereocenters. The maximum atomic E-state index is 12.8. The SMILES string of the molecule is COc1ccccc1[C@H](NC(=O)c1ccc(C)[nH]c1=O)c1ccccc1. The van der Waals surface area contributed by atoms with E-state index in [1.165, 1.54) is 6.07 Å². The van der Waals surface area contributed by atoms with Crippen LogP contribution in [0.15, 0.2) is 71.5 Å². The zero-order valence-electron chi connectivity index (χ0n) is 14.7. The van der Waals surface area contributed by atoms with Gasteiger partial charge < -0.3 is 15.0 Å². The molecule has 0 aliphatic rings. The molecule has 0 saturated carbocycles. The summed E-state index contributed by atoms with van der Waals surface area (Å²) in [5.41, 5.74) is 2.09. The number of hydrogen-bond acceptors (Lipinski definition) is 3. The van der Waals surface area contributed by atoms with Gasteiger partial charge in [-0.2, -0.15) is 0 Å². The predicted molar refractivity (Wildman–Crippen MR) is 101 cm³/mol. The van der Waals surface area contributed by atoms with E-state index in [0.717, 1.165) is 11.1 Å². The van der Waals surface area contributed by atoms with E-state index >= 15 is 0 Å². The van der Waals surface area contributed by atoms with Crippen molar-refractivity contribution >= 4 is 5.91 Å². The van der Waals surface area contributed by atoms with Crippen LogP contribution < -0.4 is 15.6 Å². The normalized spacial score (nSPS) is 11.6. The molecule has 1 atom stereocenters. The largest absolute Gasteiger partial charge is 0.496 e. The number of pyridine rings is 1. The first-order chi connectivity index (χ1) is 12.6. The minimum Gasteiger partial charge on any atom is -0.496 e. The van der Waals surface area contributed by atoms with E-state index < -0.39 is 17.5 Å². The summed E-state index contributed by atoms with van der Waals surface area (Å²) < 4.78 is 5.46. The second-order valence-corrected chi connectivity index (χ2v) is 5.94. The smallest absolute Gasteiger partial charge is 0.260 e. The second kappa shape index (κ2) is 7.70. The summed E-state index contributed by atoms with van der Waals surface area (Å²) in [7, 11) is 1.59. The highest BCUT2D eigenvalue weighted by atomic mass is 16.5. The lowest BCUT2D eigenvalue weighted by Gasteiger charge is -2.22. The molecule has 0 saturated heterocycles. The number of carbonyl (C=O) groups is 1. The van der Waals surface area contributed by atoms with Gasteiger partial charge in [0.25, 0.3) is 11.5 Å². The van der Waals surface area contributed by atoms with Gasteiger partial charge in [-0.1, -0.05) is 48.5 Å². The second-order valence-electron chi connectivity index (χ2n) is 5.94. The standard InChI is InChI=1S/C21H20N2O3/c1-14-12-13-17(20(24)22-14)21(25)23-19(15-8-4-3-5-9-15)16-10-6-7-11-18(16)26-2/h3-13,19H,1-2H3,(H,22,24)(H,23,25)/t19-/m1/s1. The molecular weight excluding hydrogens is 328 g/mol. The van der Waals surface area contributed by atoms with Crippen molar-refractivity contribution in [3.8, 4) is 5.75 Å². The van der Waals surface area contributed by atoms with Crippen molar-refractivity contribution in [2.45, 2.75) is 13.0 Å². The molecule has 3 aromatic rings. The van der Waals surface area contributed by atoms with E-state index in [-0.39, 0.29) is 5.56 Å². The van der Waals surface area contributed by atoms with Crippen molar-refractivity contribution in [1.82, 2.24) is 10.3 Å². The molecule has 1 heterocycles. The van der Waals surface area contributed by atoms with E-state index in [1.807, 2.05) is 54.6 Å². The molecule has 132 valence electrons. The molecule has 0 spiro atoms. The van der Waals surface area contributed by atoms with Gasteiger partial charge in [0, 0.05) is 11.3 Å². The molecule has 5 heteroatoms. The van der Waals surface area contributed by atoms with Gasteiger partial charge >= 0.3 is 0 Å². The Morgan fingerprint density at radius 3 is 2.38 bits per heavy atom. The van der Waals surface area contributed by atoms with Crippen molar-refractivity contribution in [2.24, 2.45) is 0 Å². The third-order valence-electron chi connectivity index (χ3n) is 4.16. The van der Waals surface area contributed by atoms with Gasteiger partial charge in [-0.05, 0) is 30.7 Å². The van der Waals surface area contributed by atoms with Crippen LogP contribution in [-0.4, -0.2) is 18.0 Å². The Hall–Kier alpha value is -3.34. The van der Waals surface area contributed by atoms with Crippen molar-refractivity contribution in [3.63, 3.8) is 0 Å². The van der Waals surface area contributed by atoms with E-state index in [2.05, 4.69) is 10.3 Å². The molecule has 0 radical (unpaired) electrons. The molecule has 26 heavy (non-hydrogen) atoms. The summed E-state index contributed by atoms with van der Waals surface area (Å²) in [4.78, 5) is 27.5. The molecule has 1 amide bonds. The van der Waals surface area contributed by atoms with Crippen molar-refractivity contribution < 1.29 is 9.53 Å². The quantitative estimate of drug-likeness (QED) is 0.744. The summed E-state index contributed by atoms with van der Waals surface area (Å²) in [5.74, 6) is 0.227. The molecule has 0 bridgehead atoms. The lowest BCUT2D eigenvalue weighted by molar-refractivity contribution is 0.0941. The lowest BCUT2D eigenvalue weighted by atomic mass is 9.97. The van der Waals surface area contributed by atoms with E-state index in [1.54, 1.807) is 20.1 Å². The topological polar surface area (TPSA) is 71.2 Å². The van der Waals surface area contributed by atoms with Crippen LogP contribution in [-0.2, 0) is 0 Å². The third kappa shape index (κ3) is 3.67. The van der Waals surface area contributed by atoms with Gasteiger partial charge in [-0.15, -0.1) is 0 Å². The molecule has 2 aromatic carbocycles. The number of nitrogens with one attached hydrogen (secondary N) is 2. The lowest BCUT2D eigenvalue weighted by Crippen LogP contribution is -2.33. The monoisotopic (exact) mass is 348 g/mol. The van der Waals surface area contributed by atoms with Crippen molar-refractivity contribution in [1.29, 1.82) is 0 Å². The summed E-state index contributed by atoms with van der Waals surface area (Å²) in [5, 5.41) is 2.96. The summed E-state index contributed by atoms with van der Waals surface area (Å²) >= 11 is 0. The number of aromatic nitrogens is 1. The van der Waals surface area contributed by atoms with Crippen LogP contribution >= 0.6 is 0 Å². The number of benzene rings is 2. The number of para-hydroxylation sites is 1. The van der Waals surface area contributed by atoms with Crippen LogP contribution in [0.5, 0.6) is 5.75 Å². The molecule has 3 rings (SSSR count). The summed E-state index contributed by atoms with van der Waals surface area (Å²) in [6, 6.07) is 19.9. The van der Waals surface area contributed by atoms with Gasteiger partial charge in [-0.3, -0.25) is 9.59 Å². The van der Waals surface area contributed by atoms with E-state index in [4.69, 9.17) is 4.74 Å². The number of ether oxygens (including phenoxy) is 1. The highest BCUT2D eigenvalue weighted by Gasteiger charge is 2.22. The Morgan fingerprint density at radius 2 is 1.69 bits per heavy atom. The molecule has 0 aliphatic carbocycles. The Kier molecular flexibility index (Phi) is 5.17. The van der Waals surface area contributed by atoms with Crippen LogP contribution in [0.3, 0.4) is 0 Å². The zero-order valence-corrected chi connectivity index (χ0v) is 14.7. The molecular formula is C21H20N2O3. The Bertz CT molecular complexity index is 964. The third-order valence-corrected chi connectivity index (χ3v) is 4.16. The summed E-state index contributed by atoms with van der Waals surface area (Å²) in [6.07, 6.45) is 0. The predicted octanol–water partition coefficient (Wildman–Crippen LogP) is 3.21. The first kappa shape index (κ1) is 17.5. The zero-order chi connectivity index (χ0) is 18.5. The van der Waals surface area contributed by atoms with Crippen molar-refractivity contribution in [2.75, 3.05) is 7.11 Å². The van der Waals surface area contributed by atoms with E-state index in [9.17, 15) is 9.59 Å². The number of aromatic amines is 1. The number of hydrogen-bond donors (Lipinski definition) is 2.